The molecule has 0 N–H and O–H groups in total. The molecule has 2 aromatic rings. The molecule has 2 aliphatic heterocycles. The molecule has 5 nitrogen and oxygen atoms in total. The van der Waals surface area contributed by atoms with E-state index in [1.165, 1.54) is 26.6 Å². The van der Waals surface area contributed by atoms with Crippen LogP contribution in [0.5, 0.6) is 0 Å². The highest BCUT2D eigenvalue weighted by Crippen LogP contribution is 2.35. The fourth-order valence-electron chi connectivity index (χ4n) is 4.56. The second-order valence-electron chi connectivity index (χ2n) is 7.76. The Balaban J connectivity index is 1.82. The molecule has 0 saturated carbocycles. The molecule has 0 atom stereocenters. The number of benzene rings is 2. The lowest BCUT2D eigenvalue weighted by Gasteiger charge is -2.33. The van der Waals surface area contributed by atoms with Gasteiger partial charge in [-0.05, 0) is 80.1 Å². The van der Waals surface area contributed by atoms with Crippen molar-refractivity contribution >= 4 is 29.4 Å². The van der Waals surface area contributed by atoms with Crippen LogP contribution >= 0.6 is 0 Å². The summed E-state index contributed by atoms with van der Waals surface area (Å²) in [7, 11) is 0. The summed E-state index contributed by atoms with van der Waals surface area (Å²) in [6.07, 6.45) is 5.01. The first-order valence-electron chi connectivity index (χ1n) is 10.9. The molecule has 0 spiro atoms. The molecule has 0 bridgehead atoms. The van der Waals surface area contributed by atoms with Gasteiger partial charge in [-0.15, -0.1) is 0 Å². The molecule has 1 saturated heterocycles. The highest BCUT2D eigenvalue weighted by Gasteiger charge is 2.41. The minimum Gasteiger partial charge on any atom is -0.371 e. The maximum atomic E-state index is 13.1. The van der Waals surface area contributed by atoms with Crippen molar-refractivity contribution in [2.45, 2.75) is 40.0 Å². The fourth-order valence-corrected chi connectivity index (χ4v) is 4.56. The van der Waals surface area contributed by atoms with E-state index in [-0.39, 0.29) is 11.9 Å². The third-order valence-corrected chi connectivity index (χ3v) is 6.00. The molecule has 4 rings (SSSR count). The maximum absolute atomic E-state index is 13.1. The minimum absolute atomic E-state index is 0.239. The van der Waals surface area contributed by atoms with Crippen molar-refractivity contribution in [1.82, 2.24) is 4.90 Å². The van der Waals surface area contributed by atoms with E-state index >= 15 is 0 Å². The SMILES string of the molecule is CCc1cc(/C=C2\C(=O)N(CC)C(=O)N2c2ccccc2)cc2c1N(CC)CCC2. The first-order chi connectivity index (χ1) is 14.6. The van der Waals surface area contributed by atoms with Crippen molar-refractivity contribution in [1.29, 1.82) is 0 Å². The summed E-state index contributed by atoms with van der Waals surface area (Å²) in [5, 5.41) is 0. The molecular formula is C25H29N3O2. The minimum atomic E-state index is -0.286. The van der Waals surface area contributed by atoms with Crippen LogP contribution in [0, 0.1) is 0 Å². The second-order valence-corrected chi connectivity index (χ2v) is 7.76. The number of hydrogen-bond donors (Lipinski definition) is 0. The molecule has 30 heavy (non-hydrogen) atoms. The molecule has 156 valence electrons. The Morgan fingerprint density at radius 3 is 2.43 bits per heavy atom. The molecule has 2 aliphatic rings. The molecule has 5 heteroatoms. The quantitative estimate of drug-likeness (QED) is 0.529. The van der Waals surface area contributed by atoms with E-state index in [0.717, 1.165) is 37.9 Å². The van der Waals surface area contributed by atoms with E-state index in [2.05, 4.69) is 30.9 Å². The molecule has 0 aliphatic carbocycles. The molecule has 3 amide bonds. The van der Waals surface area contributed by atoms with Crippen LogP contribution in [0.15, 0.2) is 48.2 Å². The van der Waals surface area contributed by atoms with Crippen LogP contribution < -0.4 is 9.80 Å². The van der Waals surface area contributed by atoms with Crippen LogP contribution in [0.4, 0.5) is 16.2 Å². The maximum Gasteiger partial charge on any atom is 0.336 e. The third kappa shape index (κ3) is 3.38. The number of urea groups is 1. The number of carbonyl (C=O) groups excluding carboxylic acids is 2. The van der Waals surface area contributed by atoms with E-state index in [0.29, 0.717) is 17.9 Å². The fraction of sp³-hybridized carbons (Fsp3) is 0.360. The monoisotopic (exact) mass is 403 g/mol. The van der Waals surface area contributed by atoms with Gasteiger partial charge in [-0.1, -0.05) is 25.1 Å². The van der Waals surface area contributed by atoms with Crippen molar-refractivity contribution in [2.75, 3.05) is 29.4 Å². The Bertz CT molecular complexity index is 980. The van der Waals surface area contributed by atoms with Crippen molar-refractivity contribution in [2.24, 2.45) is 0 Å². The predicted octanol–water partition coefficient (Wildman–Crippen LogP) is 4.85. The molecule has 2 aromatic carbocycles. The summed E-state index contributed by atoms with van der Waals surface area (Å²) >= 11 is 0. The number of aryl methyl sites for hydroxylation is 2. The zero-order valence-corrected chi connectivity index (χ0v) is 18.0. The highest BCUT2D eigenvalue weighted by molar-refractivity contribution is 6.23. The Labute approximate surface area is 178 Å². The van der Waals surface area contributed by atoms with E-state index in [4.69, 9.17) is 0 Å². The number of rotatable bonds is 5. The molecule has 0 radical (unpaired) electrons. The van der Waals surface area contributed by atoms with Crippen LogP contribution in [-0.4, -0.2) is 36.5 Å². The van der Waals surface area contributed by atoms with Gasteiger partial charge in [0.2, 0.25) is 0 Å². The second kappa shape index (κ2) is 8.34. The summed E-state index contributed by atoms with van der Waals surface area (Å²) in [6.45, 7) is 8.65. The van der Waals surface area contributed by atoms with Crippen molar-refractivity contribution in [3.63, 3.8) is 0 Å². The molecule has 0 aromatic heterocycles. The highest BCUT2D eigenvalue weighted by atomic mass is 16.2. The standard InChI is InChI=1S/C25H29N3O2/c1-4-19-15-18(16-20-11-10-14-26(5-2)23(19)20)17-22-24(29)27(6-3)25(30)28(22)21-12-8-7-9-13-21/h7-9,12-13,15-17H,4-6,10-11,14H2,1-3H3/b22-17+. The van der Waals surface area contributed by atoms with Gasteiger partial charge in [0, 0.05) is 25.3 Å². The van der Waals surface area contributed by atoms with E-state index in [1.54, 1.807) is 0 Å². The third-order valence-electron chi connectivity index (χ3n) is 6.00. The molecule has 0 unspecified atom stereocenters. The van der Waals surface area contributed by atoms with E-state index < -0.39 is 0 Å². The van der Waals surface area contributed by atoms with Crippen molar-refractivity contribution in [3.05, 3.63) is 64.9 Å². The number of nitrogens with zero attached hydrogens (tertiary/aromatic N) is 3. The lowest BCUT2D eigenvalue weighted by Crippen LogP contribution is -2.32. The smallest absolute Gasteiger partial charge is 0.336 e. The summed E-state index contributed by atoms with van der Waals surface area (Å²) in [4.78, 5) is 31.3. The first-order valence-corrected chi connectivity index (χ1v) is 10.9. The van der Waals surface area contributed by atoms with Crippen molar-refractivity contribution < 1.29 is 9.59 Å². The number of likely N-dealkylation sites (N-methyl/N-ethyl adjacent to an activating group) is 1. The summed E-state index contributed by atoms with van der Waals surface area (Å²) in [5.41, 5.74) is 6.11. The lowest BCUT2D eigenvalue weighted by atomic mass is 9.93. The Kier molecular flexibility index (Phi) is 5.62. The number of carbonyl (C=O) groups is 2. The lowest BCUT2D eigenvalue weighted by molar-refractivity contribution is -0.122. The number of fused-ring (bicyclic) bond motifs is 1. The Morgan fingerprint density at radius 1 is 1.00 bits per heavy atom. The summed E-state index contributed by atoms with van der Waals surface area (Å²) in [6, 6.07) is 13.5. The zero-order valence-electron chi connectivity index (χ0n) is 18.0. The van der Waals surface area contributed by atoms with Gasteiger partial charge in [-0.3, -0.25) is 14.6 Å². The first kappa shape index (κ1) is 20.2. The average Bonchev–Trinajstić information content (AvgIpc) is 3.01. The van der Waals surface area contributed by atoms with E-state index in [9.17, 15) is 9.59 Å². The molecular weight excluding hydrogens is 374 g/mol. The van der Waals surface area contributed by atoms with Gasteiger partial charge >= 0.3 is 6.03 Å². The van der Waals surface area contributed by atoms with Crippen LogP contribution in [-0.2, 0) is 17.6 Å². The van der Waals surface area contributed by atoms with Gasteiger partial charge in [-0.2, -0.15) is 0 Å². The van der Waals surface area contributed by atoms with Crippen molar-refractivity contribution in [3.8, 4) is 0 Å². The average molecular weight is 404 g/mol. The van der Waals surface area contributed by atoms with Crippen LogP contribution in [0.2, 0.25) is 0 Å². The number of para-hydroxylation sites is 1. The van der Waals surface area contributed by atoms with Gasteiger partial charge in [0.15, 0.2) is 0 Å². The number of amides is 3. The van der Waals surface area contributed by atoms with Gasteiger partial charge in [-0.25, -0.2) is 4.79 Å². The van der Waals surface area contributed by atoms with Crippen LogP contribution in [0.25, 0.3) is 6.08 Å². The zero-order chi connectivity index (χ0) is 21.3. The number of anilines is 2. The van der Waals surface area contributed by atoms with Gasteiger partial charge in [0.1, 0.15) is 5.70 Å². The topological polar surface area (TPSA) is 43.9 Å². The normalized spacial score (nSPS) is 17.8. The summed E-state index contributed by atoms with van der Waals surface area (Å²) < 4.78 is 0. The van der Waals surface area contributed by atoms with E-state index in [1.807, 2.05) is 43.3 Å². The molecule has 1 fully saturated rings. The largest absolute Gasteiger partial charge is 0.371 e. The van der Waals surface area contributed by atoms with Gasteiger partial charge < -0.3 is 4.90 Å². The summed E-state index contributed by atoms with van der Waals surface area (Å²) in [5.74, 6) is -0.239. The van der Waals surface area contributed by atoms with Gasteiger partial charge in [0.25, 0.3) is 5.91 Å². The Morgan fingerprint density at radius 2 is 1.77 bits per heavy atom. The number of hydrogen-bond acceptors (Lipinski definition) is 3. The van der Waals surface area contributed by atoms with Crippen LogP contribution in [0.1, 0.15) is 43.9 Å². The number of imide groups is 1. The Hall–Kier alpha value is -3.08. The van der Waals surface area contributed by atoms with Gasteiger partial charge in [0.05, 0.1) is 5.69 Å². The van der Waals surface area contributed by atoms with Crippen LogP contribution in [0.3, 0.4) is 0 Å². The molecule has 2 heterocycles. The predicted molar refractivity (Wildman–Crippen MR) is 122 cm³/mol.